The van der Waals surface area contributed by atoms with Gasteiger partial charge in [0.2, 0.25) is 5.78 Å². The lowest BCUT2D eigenvalue weighted by molar-refractivity contribution is -0.136. The zero-order valence-electron chi connectivity index (χ0n) is 8.88. The quantitative estimate of drug-likeness (QED) is 0.471. The molecule has 0 amide bonds. The monoisotopic (exact) mass is 234 g/mol. The van der Waals surface area contributed by atoms with Crippen LogP contribution in [0.2, 0.25) is 0 Å². The van der Waals surface area contributed by atoms with E-state index in [-0.39, 0.29) is 11.1 Å². The molecule has 17 heavy (non-hydrogen) atoms. The van der Waals surface area contributed by atoms with Crippen molar-refractivity contribution >= 4 is 17.7 Å². The minimum atomic E-state index is -1.20. The normalized spacial score (nSPS) is 9.41. The first kappa shape index (κ1) is 12.6. The lowest BCUT2D eigenvalue weighted by atomic mass is 10.0. The van der Waals surface area contributed by atoms with Crippen LogP contribution in [-0.2, 0) is 9.53 Å². The summed E-state index contributed by atoms with van der Waals surface area (Å²) in [5, 5.41) is 8.86. The maximum Gasteiger partial charge on any atom is 0.336 e. The van der Waals surface area contributed by atoms with Gasteiger partial charge in [-0.15, -0.1) is 0 Å². The summed E-state index contributed by atoms with van der Waals surface area (Å²) in [7, 11) is 0. The average Bonchev–Trinajstić information content (AvgIpc) is 2.35. The molecule has 1 aromatic carbocycles. The van der Waals surface area contributed by atoms with Crippen molar-refractivity contribution in [3.63, 3.8) is 0 Å². The summed E-state index contributed by atoms with van der Waals surface area (Å²) in [4.78, 5) is 33.2. The van der Waals surface area contributed by atoms with Gasteiger partial charge in [-0.3, -0.25) is 4.79 Å². The molecule has 0 aliphatic rings. The Hall–Kier alpha value is -2.43. The van der Waals surface area contributed by atoms with Gasteiger partial charge in [0.15, 0.2) is 6.61 Å². The number of Topliss-reactive ketones (excluding diaryl/α,β-unsaturated/α-hetero) is 1. The van der Waals surface area contributed by atoms with Gasteiger partial charge in [-0.1, -0.05) is 24.8 Å². The summed E-state index contributed by atoms with van der Waals surface area (Å²) < 4.78 is 4.54. The molecule has 1 aromatic rings. The summed E-state index contributed by atoms with van der Waals surface area (Å²) in [6, 6.07) is 5.73. The van der Waals surface area contributed by atoms with Gasteiger partial charge in [-0.2, -0.15) is 0 Å². The van der Waals surface area contributed by atoms with Crippen molar-refractivity contribution in [2.45, 2.75) is 0 Å². The fraction of sp³-hybridized carbons (Fsp3) is 0.0833. The molecule has 0 heterocycles. The first-order chi connectivity index (χ1) is 8.06. The molecule has 0 atom stereocenters. The van der Waals surface area contributed by atoms with Crippen LogP contribution in [-0.4, -0.2) is 29.4 Å². The Bertz CT molecular complexity index is 476. The summed E-state index contributed by atoms with van der Waals surface area (Å²) in [5.41, 5.74) is -0.107. The SMILES string of the molecule is C=CC(=O)OCC(=O)c1ccccc1C(=O)O. The molecule has 1 N–H and O–H groups in total. The van der Waals surface area contributed by atoms with Crippen molar-refractivity contribution in [1.29, 1.82) is 0 Å². The number of rotatable bonds is 5. The molecule has 5 nitrogen and oxygen atoms in total. The van der Waals surface area contributed by atoms with Crippen LogP contribution in [0.5, 0.6) is 0 Å². The first-order valence-electron chi connectivity index (χ1n) is 4.71. The molecule has 0 aliphatic heterocycles. The number of ether oxygens (including phenoxy) is 1. The maximum atomic E-state index is 11.6. The van der Waals surface area contributed by atoms with E-state index in [0.717, 1.165) is 6.08 Å². The zero-order chi connectivity index (χ0) is 12.8. The molecular formula is C12H10O5. The second-order valence-corrected chi connectivity index (χ2v) is 3.09. The van der Waals surface area contributed by atoms with Crippen LogP contribution in [0.15, 0.2) is 36.9 Å². The Kier molecular flexibility index (Phi) is 4.16. The van der Waals surface area contributed by atoms with Gasteiger partial charge >= 0.3 is 11.9 Å². The van der Waals surface area contributed by atoms with E-state index < -0.39 is 24.3 Å². The molecule has 5 heteroatoms. The number of esters is 1. The second-order valence-electron chi connectivity index (χ2n) is 3.09. The molecule has 0 bridgehead atoms. The summed E-state index contributed by atoms with van der Waals surface area (Å²) >= 11 is 0. The summed E-state index contributed by atoms with van der Waals surface area (Å²) in [6.45, 7) is 2.67. The Morgan fingerprint density at radius 2 is 1.82 bits per heavy atom. The predicted molar refractivity (Wildman–Crippen MR) is 58.9 cm³/mol. The van der Waals surface area contributed by atoms with Crippen LogP contribution >= 0.6 is 0 Å². The number of aromatic carboxylic acids is 1. The fourth-order valence-corrected chi connectivity index (χ4v) is 1.19. The van der Waals surface area contributed by atoms with Crippen LogP contribution in [0.4, 0.5) is 0 Å². The third kappa shape index (κ3) is 3.27. The number of carbonyl (C=O) groups is 3. The van der Waals surface area contributed by atoms with Gasteiger partial charge in [0, 0.05) is 11.6 Å². The molecule has 0 saturated heterocycles. The topological polar surface area (TPSA) is 80.7 Å². The number of benzene rings is 1. The van der Waals surface area contributed by atoms with E-state index in [1.54, 1.807) is 0 Å². The summed E-state index contributed by atoms with van der Waals surface area (Å²) in [6.07, 6.45) is 0.927. The highest BCUT2D eigenvalue weighted by Crippen LogP contribution is 2.09. The van der Waals surface area contributed by atoms with Gasteiger partial charge in [0.25, 0.3) is 0 Å². The van der Waals surface area contributed by atoms with E-state index in [1.165, 1.54) is 24.3 Å². The molecule has 88 valence electrons. The van der Waals surface area contributed by atoms with Crippen LogP contribution in [0.3, 0.4) is 0 Å². The highest BCUT2D eigenvalue weighted by atomic mass is 16.5. The molecule has 0 unspecified atom stereocenters. The molecule has 0 saturated carbocycles. The van der Waals surface area contributed by atoms with Crippen molar-refractivity contribution in [1.82, 2.24) is 0 Å². The van der Waals surface area contributed by atoms with Gasteiger partial charge in [0.05, 0.1) is 5.56 Å². The van der Waals surface area contributed by atoms with Crippen LogP contribution in [0.25, 0.3) is 0 Å². The molecule has 0 fully saturated rings. The highest BCUT2D eigenvalue weighted by Gasteiger charge is 2.16. The van der Waals surface area contributed by atoms with Gasteiger partial charge < -0.3 is 9.84 Å². The zero-order valence-corrected chi connectivity index (χ0v) is 8.88. The number of carboxylic acid groups (broad SMARTS) is 1. The lowest BCUT2D eigenvalue weighted by Gasteiger charge is -2.04. The van der Waals surface area contributed by atoms with E-state index in [0.29, 0.717) is 0 Å². The Labute approximate surface area is 97.3 Å². The third-order valence-corrected chi connectivity index (χ3v) is 1.97. The molecule has 0 aromatic heterocycles. The average molecular weight is 234 g/mol. The maximum absolute atomic E-state index is 11.6. The number of ketones is 1. The second kappa shape index (κ2) is 5.60. The molecule has 0 aliphatic carbocycles. The Morgan fingerprint density at radius 3 is 2.35 bits per heavy atom. The molecular weight excluding hydrogens is 224 g/mol. The van der Waals surface area contributed by atoms with Crippen LogP contribution in [0.1, 0.15) is 20.7 Å². The molecule has 0 radical (unpaired) electrons. The van der Waals surface area contributed by atoms with Gasteiger partial charge in [-0.25, -0.2) is 9.59 Å². The standard InChI is InChI=1S/C12H10O5/c1-2-11(14)17-7-10(13)8-5-3-4-6-9(8)12(15)16/h2-6H,1,7H2,(H,15,16). The first-order valence-corrected chi connectivity index (χ1v) is 4.71. The fourth-order valence-electron chi connectivity index (χ4n) is 1.19. The molecule has 0 spiro atoms. The van der Waals surface area contributed by atoms with E-state index in [4.69, 9.17) is 5.11 Å². The van der Waals surface area contributed by atoms with Crippen molar-refractivity contribution in [3.8, 4) is 0 Å². The van der Waals surface area contributed by atoms with E-state index in [1.807, 2.05) is 0 Å². The Morgan fingerprint density at radius 1 is 1.24 bits per heavy atom. The minimum Gasteiger partial charge on any atom is -0.478 e. The van der Waals surface area contributed by atoms with Crippen LogP contribution < -0.4 is 0 Å². The smallest absolute Gasteiger partial charge is 0.336 e. The number of carbonyl (C=O) groups excluding carboxylic acids is 2. The third-order valence-electron chi connectivity index (χ3n) is 1.97. The van der Waals surface area contributed by atoms with Crippen molar-refractivity contribution in [2.75, 3.05) is 6.61 Å². The number of carboxylic acids is 1. The van der Waals surface area contributed by atoms with Gasteiger partial charge in [0.1, 0.15) is 0 Å². The van der Waals surface area contributed by atoms with Crippen molar-refractivity contribution in [3.05, 3.63) is 48.0 Å². The van der Waals surface area contributed by atoms with E-state index >= 15 is 0 Å². The molecule has 1 rings (SSSR count). The van der Waals surface area contributed by atoms with E-state index in [9.17, 15) is 14.4 Å². The largest absolute Gasteiger partial charge is 0.478 e. The van der Waals surface area contributed by atoms with Gasteiger partial charge in [-0.05, 0) is 6.07 Å². The lowest BCUT2D eigenvalue weighted by Crippen LogP contribution is -2.15. The summed E-state index contributed by atoms with van der Waals surface area (Å²) in [5.74, 6) is -2.51. The van der Waals surface area contributed by atoms with E-state index in [2.05, 4.69) is 11.3 Å². The van der Waals surface area contributed by atoms with Crippen LogP contribution in [0, 0.1) is 0 Å². The predicted octanol–water partition coefficient (Wildman–Crippen LogP) is 1.30. The number of hydrogen-bond donors (Lipinski definition) is 1. The van der Waals surface area contributed by atoms with Crippen molar-refractivity contribution in [2.24, 2.45) is 0 Å². The van der Waals surface area contributed by atoms with Crippen molar-refractivity contribution < 1.29 is 24.2 Å². The highest BCUT2D eigenvalue weighted by molar-refractivity contribution is 6.06. The minimum absolute atomic E-state index is 0.0110. The number of hydrogen-bond acceptors (Lipinski definition) is 4. The Balaban J connectivity index is 2.85.